The molecule has 1 aromatic rings. The SMILES string of the molecule is CC1(C)C(CC#N)CCCN1c1cccc(Cl)c1. The summed E-state index contributed by atoms with van der Waals surface area (Å²) in [5, 5.41) is 9.73. The molecule has 0 saturated carbocycles. The van der Waals surface area contributed by atoms with E-state index in [2.05, 4.69) is 30.9 Å². The fraction of sp³-hybridized carbons (Fsp3) is 0.533. The van der Waals surface area contributed by atoms with Crippen LogP contribution in [0.4, 0.5) is 5.69 Å². The summed E-state index contributed by atoms with van der Waals surface area (Å²) in [6.07, 6.45) is 2.91. The van der Waals surface area contributed by atoms with Crippen molar-refractivity contribution in [2.75, 3.05) is 11.4 Å². The van der Waals surface area contributed by atoms with Crippen LogP contribution in [0.15, 0.2) is 24.3 Å². The summed E-state index contributed by atoms with van der Waals surface area (Å²) < 4.78 is 0. The zero-order chi connectivity index (χ0) is 13.2. The van der Waals surface area contributed by atoms with E-state index in [1.54, 1.807) is 0 Å². The number of hydrogen-bond acceptors (Lipinski definition) is 2. The van der Waals surface area contributed by atoms with Gasteiger partial charge in [0.25, 0.3) is 0 Å². The lowest BCUT2D eigenvalue weighted by molar-refractivity contribution is 0.242. The van der Waals surface area contributed by atoms with Gasteiger partial charge in [-0.1, -0.05) is 17.7 Å². The lowest BCUT2D eigenvalue weighted by Gasteiger charge is -2.49. The molecule has 2 nitrogen and oxygen atoms in total. The van der Waals surface area contributed by atoms with Crippen molar-refractivity contribution in [2.24, 2.45) is 5.92 Å². The minimum Gasteiger partial charge on any atom is -0.366 e. The molecule has 3 heteroatoms. The van der Waals surface area contributed by atoms with Gasteiger partial charge in [0.1, 0.15) is 0 Å². The maximum atomic E-state index is 8.96. The molecule has 0 amide bonds. The summed E-state index contributed by atoms with van der Waals surface area (Å²) in [5.74, 6) is 0.426. The van der Waals surface area contributed by atoms with Gasteiger partial charge in [-0.25, -0.2) is 0 Å². The summed E-state index contributed by atoms with van der Waals surface area (Å²) >= 11 is 6.08. The van der Waals surface area contributed by atoms with E-state index >= 15 is 0 Å². The van der Waals surface area contributed by atoms with Gasteiger partial charge in [0.05, 0.1) is 6.07 Å². The van der Waals surface area contributed by atoms with E-state index in [9.17, 15) is 0 Å². The quantitative estimate of drug-likeness (QED) is 0.797. The van der Waals surface area contributed by atoms with Crippen molar-refractivity contribution in [3.05, 3.63) is 29.3 Å². The molecule has 1 aliphatic heterocycles. The van der Waals surface area contributed by atoms with Crippen molar-refractivity contribution in [2.45, 2.75) is 38.6 Å². The Kier molecular flexibility index (Phi) is 3.82. The van der Waals surface area contributed by atoms with Crippen LogP contribution in [0.2, 0.25) is 5.02 Å². The van der Waals surface area contributed by atoms with Crippen LogP contribution >= 0.6 is 11.6 Å². The van der Waals surface area contributed by atoms with Crippen LogP contribution in [0, 0.1) is 17.2 Å². The third kappa shape index (κ3) is 2.47. The number of nitrogens with zero attached hydrogens (tertiary/aromatic N) is 2. The summed E-state index contributed by atoms with van der Waals surface area (Å²) in [7, 11) is 0. The monoisotopic (exact) mass is 262 g/mol. The normalized spacial score (nSPS) is 22.6. The van der Waals surface area contributed by atoms with Crippen molar-refractivity contribution < 1.29 is 0 Å². The Morgan fingerprint density at radius 2 is 2.28 bits per heavy atom. The van der Waals surface area contributed by atoms with Crippen LogP contribution in [-0.2, 0) is 0 Å². The largest absolute Gasteiger partial charge is 0.366 e. The first kappa shape index (κ1) is 13.2. The molecule has 1 aliphatic rings. The Bertz CT molecular complexity index is 462. The smallest absolute Gasteiger partial charge is 0.0625 e. The first-order chi connectivity index (χ1) is 8.55. The molecule has 96 valence electrons. The maximum absolute atomic E-state index is 8.96. The number of halogens is 1. The topological polar surface area (TPSA) is 27.0 Å². The molecule has 0 aliphatic carbocycles. The summed E-state index contributed by atoms with van der Waals surface area (Å²) in [6.45, 7) is 5.50. The van der Waals surface area contributed by atoms with Crippen molar-refractivity contribution in [3.63, 3.8) is 0 Å². The van der Waals surface area contributed by atoms with Gasteiger partial charge in [0, 0.05) is 29.2 Å². The predicted octanol–water partition coefficient (Wildman–Crippen LogP) is 4.25. The average Bonchev–Trinajstić information content (AvgIpc) is 2.31. The Labute approximate surface area is 114 Å². The number of anilines is 1. The van der Waals surface area contributed by atoms with Gasteiger partial charge < -0.3 is 4.90 Å². The van der Waals surface area contributed by atoms with Gasteiger partial charge in [-0.3, -0.25) is 0 Å². The highest BCUT2D eigenvalue weighted by molar-refractivity contribution is 6.30. The molecule has 1 atom stereocenters. The second kappa shape index (κ2) is 5.20. The molecule has 1 unspecified atom stereocenters. The van der Waals surface area contributed by atoms with Crippen molar-refractivity contribution in [3.8, 4) is 6.07 Å². The number of rotatable bonds is 2. The third-order valence-electron chi connectivity index (χ3n) is 4.09. The van der Waals surface area contributed by atoms with Crippen molar-refractivity contribution in [1.29, 1.82) is 5.26 Å². The third-order valence-corrected chi connectivity index (χ3v) is 4.32. The molecule has 18 heavy (non-hydrogen) atoms. The lowest BCUT2D eigenvalue weighted by atomic mass is 9.77. The van der Waals surface area contributed by atoms with Gasteiger partial charge >= 0.3 is 0 Å². The standard InChI is InChI=1S/C15H19ClN2/c1-15(2)12(8-9-17)5-4-10-18(15)14-7-3-6-13(16)11-14/h3,6-7,11-12H,4-5,8,10H2,1-2H3. The molecular weight excluding hydrogens is 244 g/mol. The highest BCUT2D eigenvalue weighted by Gasteiger charge is 2.38. The van der Waals surface area contributed by atoms with E-state index in [0.717, 1.165) is 30.1 Å². The first-order valence-electron chi connectivity index (χ1n) is 6.46. The van der Waals surface area contributed by atoms with Crippen LogP contribution in [0.25, 0.3) is 0 Å². The van der Waals surface area contributed by atoms with Gasteiger partial charge in [-0.2, -0.15) is 5.26 Å². The highest BCUT2D eigenvalue weighted by Crippen LogP contribution is 2.38. The zero-order valence-electron chi connectivity index (χ0n) is 11.0. The second-order valence-corrected chi connectivity index (χ2v) is 5.92. The summed E-state index contributed by atoms with van der Waals surface area (Å²) in [6, 6.07) is 10.3. The zero-order valence-corrected chi connectivity index (χ0v) is 11.7. The molecular formula is C15H19ClN2. The van der Waals surface area contributed by atoms with Crippen LogP contribution in [-0.4, -0.2) is 12.1 Å². The number of benzene rings is 1. The van der Waals surface area contributed by atoms with E-state index in [0.29, 0.717) is 12.3 Å². The fourth-order valence-corrected chi connectivity index (χ4v) is 3.11. The number of hydrogen-bond donors (Lipinski definition) is 0. The van der Waals surface area contributed by atoms with E-state index in [1.165, 1.54) is 0 Å². The Balaban J connectivity index is 2.30. The Hall–Kier alpha value is -1.20. The number of nitriles is 1. The van der Waals surface area contributed by atoms with Crippen LogP contribution in [0.5, 0.6) is 0 Å². The Morgan fingerprint density at radius 3 is 2.94 bits per heavy atom. The minimum absolute atomic E-state index is 0.0126. The molecule has 1 heterocycles. The molecule has 0 radical (unpaired) electrons. The molecule has 0 aromatic heterocycles. The predicted molar refractivity (Wildman–Crippen MR) is 75.8 cm³/mol. The summed E-state index contributed by atoms with van der Waals surface area (Å²) in [4.78, 5) is 2.39. The van der Waals surface area contributed by atoms with Crippen molar-refractivity contribution in [1.82, 2.24) is 0 Å². The Morgan fingerprint density at radius 1 is 1.50 bits per heavy atom. The van der Waals surface area contributed by atoms with Crippen molar-refractivity contribution >= 4 is 17.3 Å². The van der Waals surface area contributed by atoms with E-state index < -0.39 is 0 Å². The molecule has 1 saturated heterocycles. The van der Waals surface area contributed by atoms with E-state index in [1.807, 2.05) is 18.2 Å². The summed E-state index contributed by atoms with van der Waals surface area (Å²) in [5.41, 5.74) is 1.17. The molecule has 0 spiro atoms. The van der Waals surface area contributed by atoms with Gasteiger partial charge in [-0.15, -0.1) is 0 Å². The maximum Gasteiger partial charge on any atom is 0.0625 e. The molecule has 0 N–H and O–H groups in total. The number of piperidine rings is 1. The average molecular weight is 263 g/mol. The van der Waals surface area contributed by atoms with Crippen LogP contribution in [0.3, 0.4) is 0 Å². The molecule has 0 bridgehead atoms. The lowest BCUT2D eigenvalue weighted by Crippen LogP contribution is -2.53. The fourth-order valence-electron chi connectivity index (χ4n) is 2.93. The van der Waals surface area contributed by atoms with Crippen LogP contribution < -0.4 is 4.90 Å². The van der Waals surface area contributed by atoms with Gasteiger partial charge in [0.2, 0.25) is 0 Å². The second-order valence-electron chi connectivity index (χ2n) is 5.49. The van der Waals surface area contributed by atoms with Crippen LogP contribution in [0.1, 0.15) is 33.1 Å². The van der Waals surface area contributed by atoms with Gasteiger partial charge in [0.15, 0.2) is 0 Å². The minimum atomic E-state index is 0.0126. The highest BCUT2D eigenvalue weighted by atomic mass is 35.5. The van der Waals surface area contributed by atoms with E-state index in [4.69, 9.17) is 16.9 Å². The van der Waals surface area contributed by atoms with E-state index in [-0.39, 0.29) is 5.54 Å². The molecule has 1 aromatic carbocycles. The molecule has 2 rings (SSSR count). The molecule has 1 fully saturated rings. The van der Waals surface area contributed by atoms with Gasteiger partial charge in [-0.05, 0) is 50.8 Å². The first-order valence-corrected chi connectivity index (χ1v) is 6.83.